The van der Waals surface area contributed by atoms with Gasteiger partial charge in [0.05, 0.1) is 0 Å². The van der Waals surface area contributed by atoms with Crippen LogP contribution in [0.4, 0.5) is 4.79 Å². The molecule has 5 heteroatoms. The van der Waals surface area contributed by atoms with Gasteiger partial charge >= 0.3 is 6.09 Å². The maximum Gasteiger partial charge on any atom is 0.414 e. The molecule has 1 saturated heterocycles. The molecular weight excluding hydrogens is 162 g/mol. The molecule has 0 aromatic heterocycles. The molecule has 1 fully saturated rings. The van der Waals surface area contributed by atoms with Gasteiger partial charge in [-0.3, -0.25) is 4.79 Å². The minimum Gasteiger partial charge on any atom is -0.465 e. The molecule has 0 unspecified atom stereocenters. The second-order valence-electron chi connectivity index (χ2n) is 1.93. The van der Waals surface area contributed by atoms with E-state index in [9.17, 15) is 9.59 Å². The summed E-state index contributed by atoms with van der Waals surface area (Å²) in [6.45, 7) is 0.369. The van der Waals surface area contributed by atoms with Crippen molar-refractivity contribution in [1.29, 1.82) is 0 Å². The fourth-order valence-corrected chi connectivity index (χ4v) is 0.850. The Morgan fingerprint density at radius 1 is 1.60 bits per heavy atom. The van der Waals surface area contributed by atoms with Crippen LogP contribution in [-0.2, 0) is 4.79 Å². The molecule has 52 valence electrons. The molecule has 1 aliphatic rings. The van der Waals surface area contributed by atoms with E-state index in [1.165, 1.54) is 0 Å². The van der Waals surface area contributed by atoms with Gasteiger partial charge < -0.3 is 5.11 Å². The fourth-order valence-electron chi connectivity index (χ4n) is 0.850. The van der Waals surface area contributed by atoms with Crippen LogP contribution in [0.25, 0.3) is 0 Å². The van der Waals surface area contributed by atoms with Crippen molar-refractivity contribution in [2.45, 2.75) is 12.8 Å². The average molecular weight is 169 g/mol. The Bertz CT molecular complexity index is 159. The van der Waals surface area contributed by atoms with Gasteiger partial charge in [-0.05, 0) is 6.42 Å². The van der Waals surface area contributed by atoms with Crippen LogP contribution in [0.15, 0.2) is 0 Å². The van der Waals surface area contributed by atoms with Crippen LogP contribution in [0.1, 0.15) is 12.8 Å². The number of hydrogen-bond donors (Lipinski definition) is 1. The molecule has 0 atom stereocenters. The van der Waals surface area contributed by atoms with E-state index in [0.717, 1.165) is 4.90 Å². The molecule has 0 aliphatic carbocycles. The Balaban J connectivity index is 0.000000810. The summed E-state index contributed by atoms with van der Waals surface area (Å²) in [5.74, 6) is -0.275. The Kier molecular flexibility index (Phi) is 4.24. The first-order valence-corrected chi connectivity index (χ1v) is 2.75. The summed E-state index contributed by atoms with van der Waals surface area (Å²) in [6, 6.07) is 0. The summed E-state index contributed by atoms with van der Waals surface area (Å²) in [7, 11) is 0. The zero-order valence-electron chi connectivity index (χ0n) is 5.54. The third-order valence-electron chi connectivity index (χ3n) is 1.30. The molecule has 1 N–H and O–H groups in total. The van der Waals surface area contributed by atoms with Gasteiger partial charge in [0, 0.05) is 50.7 Å². The summed E-state index contributed by atoms with van der Waals surface area (Å²) >= 11 is 0. The van der Waals surface area contributed by atoms with Crippen molar-refractivity contribution in [3.05, 3.63) is 0 Å². The van der Waals surface area contributed by atoms with Gasteiger partial charge in [-0.25, -0.2) is 9.69 Å². The first-order valence-electron chi connectivity index (χ1n) is 2.75. The number of amides is 2. The topological polar surface area (TPSA) is 57.6 Å². The molecule has 4 nitrogen and oxygen atoms in total. The number of carbonyl (C=O) groups is 2. The number of likely N-dealkylation sites (tertiary alicyclic amines) is 1. The van der Waals surface area contributed by atoms with E-state index in [2.05, 4.69) is 0 Å². The standard InChI is InChI=1S/C5H7NO3.Ca/c7-4-2-1-3-6(4)5(8)9;/h1-3H2,(H,8,9);. The number of hydrogen-bond acceptors (Lipinski definition) is 2. The van der Waals surface area contributed by atoms with Crippen LogP contribution in [0.5, 0.6) is 0 Å². The zero-order chi connectivity index (χ0) is 6.85. The van der Waals surface area contributed by atoms with Crippen LogP contribution in [0, 0.1) is 0 Å². The Hall–Kier alpha value is 0.200. The molecule has 0 spiro atoms. The molecule has 2 amide bonds. The third kappa shape index (κ3) is 2.11. The molecule has 2 radical (unpaired) electrons. The molecular formula is C5H7CaNO3. The molecule has 0 aromatic rings. The third-order valence-corrected chi connectivity index (χ3v) is 1.30. The molecule has 0 saturated carbocycles. The Morgan fingerprint density at radius 2 is 2.20 bits per heavy atom. The minimum atomic E-state index is -1.13. The Morgan fingerprint density at radius 3 is 2.40 bits per heavy atom. The van der Waals surface area contributed by atoms with Crippen LogP contribution < -0.4 is 0 Å². The molecule has 0 bridgehead atoms. The smallest absolute Gasteiger partial charge is 0.414 e. The summed E-state index contributed by atoms with van der Waals surface area (Å²) in [5, 5.41) is 8.29. The number of imide groups is 1. The van der Waals surface area contributed by atoms with Crippen molar-refractivity contribution in [1.82, 2.24) is 4.90 Å². The monoisotopic (exact) mass is 169 g/mol. The quantitative estimate of drug-likeness (QED) is 0.515. The number of carboxylic acid groups (broad SMARTS) is 1. The van der Waals surface area contributed by atoms with E-state index in [4.69, 9.17) is 5.11 Å². The van der Waals surface area contributed by atoms with E-state index in [1.807, 2.05) is 0 Å². The Labute approximate surface area is 88.2 Å². The summed E-state index contributed by atoms with van der Waals surface area (Å²) < 4.78 is 0. The fraction of sp³-hybridized carbons (Fsp3) is 0.600. The van der Waals surface area contributed by atoms with Gasteiger partial charge in [-0.15, -0.1) is 0 Å². The van der Waals surface area contributed by atoms with E-state index in [1.54, 1.807) is 0 Å². The molecule has 10 heavy (non-hydrogen) atoms. The second kappa shape index (κ2) is 4.16. The van der Waals surface area contributed by atoms with E-state index in [0.29, 0.717) is 19.4 Å². The van der Waals surface area contributed by atoms with Crippen LogP contribution in [0.2, 0.25) is 0 Å². The summed E-state index contributed by atoms with van der Waals surface area (Å²) in [4.78, 5) is 21.5. The van der Waals surface area contributed by atoms with Crippen molar-refractivity contribution in [2.75, 3.05) is 6.54 Å². The second-order valence-corrected chi connectivity index (χ2v) is 1.93. The van der Waals surface area contributed by atoms with Crippen molar-refractivity contribution in [3.8, 4) is 0 Å². The van der Waals surface area contributed by atoms with Crippen LogP contribution in [0.3, 0.4) is 0 Å². The van der Waals surface area contributed by atoms with Gasteiger partial charge in [0.15, 0.2) is 0 Å². The molecule has 1 aliphatic heterocycles. The van der Waals surface area contributed by atoms with E-state index < -0.39 is 6.09 Å². The normalized spacial score (nSPS) is 16.8. The van der Waals surface area contributed by atoms with Crippen LogP contribution >= 0.6 is 0 Å². The molecule has 1 rings (SSSR count). The van der Waals surface area contributed by atoms with Gasteiger partial charge in [0.2, 0.25) is 5.91 Å². The van der Waals surface area contributed by atoms with Gasteiger partial charge in [0.1, 0.15) is 0 Å². The van der Waals surface area contributed by atoms with Crippen molar-refractivity contribution in [2.24, 2.45) is 0 Å². The summed E-state index contributed by atoms with van der Waals surface area (Å²) in [5.41, 5.74) is 0. The average Bonchev–Trinajstić information content (AvgIpc) is 2.13. The van der Waals surface area contributed by atoms with Gasteiger partial charge in [-0.1, -0.05) is 0 Å². The SMILES string of the molecule is O=C(O)N1CCCC1=O.[Ca]. The van der Waals surface area contributed by atoms with Crippen molar-refractivity contribution in [3.63, 3.8) is 0 Å². The molecule has 1 heterocycles. The largest absolute Gasteiger partial charge is 0.465 e. The first kappa shape index (κ1) is 10.2. The van der Waals surface area contributed by atoms with Gasteiger partial charge in [-0.2, -0.15) is 0 Å². The van der Waals surface area contributed by atoms with E-state index in [-0.39, 0.29) is 43.6 Å². The van der Waals surface area contributed by atoms with Gasteiger partial charge in [0.25, 0.3) is 0 Å². The molecule has 0 aromatic carbocycles. The predicted octanol–water partition coefficient (Wildman–Crippen LogP) is -0.0940. The number of rotatable bonds is 0. The van der Waals surface area contributed by atoms with Crippen molar-refractivity contribution < 1.29 is 14.7 Å². The van der Waals surface area contributed by atoms with E-state index >= 15 is 0 Å². The predicted molar refractivity (Wildman–Crippen MR) is 34.7 cm³/mol. The maximum absolute atomic E-state index is 10.6. The summed E-state index contributed by atoms with van der Waals surface area (Å²) in [6.07, 6.45) is -0.0743. The van der Waals surface area contributed by atoms with Crippen LogP contribution in [-0.4, -0.2) is 66.3 Å². The first-order chi connectivity index (χ1) is 4.22. The number of nitrogens with zero attached hydrogens (tertiary/aromatic N) is 1. The maximum atomic E-state index is 10.6. The zero-order valence-corrected chi connectivity index (χ0v) is 7.75. The minimum absolute atomic E-state index is 0. The number of carbonyl (C=O) groups excluding carboxylic acids is 1. The van der Waals surface area contributed by atoms with Crippen molar-refractivity contribution >= 4 is 49.7 Å².